The molecule has 0 heterocycles. The monoisotopic (exact) mass is 327 g/mol. The zero-order valence-corrected chi connectivity index (χ0v) is 11.8. The molecule has 1 atom stereocenters. The van der Waals surface area contributed by atoms with Gasteiger partial charge in [-0.1, -0.05) is 23.2 Å². The number of anilines is 1. The molecular weight excluding hydrogens is 317 g/mol. The zero-order chi connectivity index (χ0) is 14.8. The average Bonchev–Trinajstić information content (AvgIpc) is 2.23. The van der Waals surface area contributed by atoms with E-state index in [1.807, 2.05) is 4.72 Å². The van der Waals surface area contributed by atoms with Crippen LogP contribution in [0.3, 0.4) is 0 Å². The highest BCUT2D eigenvalue weighted by atomic mass is 35.5. The molecule has 1 unspecified atom stereocenters. The van der Waals surface area contributed by atoms with Crippen LogP contribution in [-0.4, -0.2) is 32.1 Å². The first-order valence-electron chi connectivity index (χ1n) is 4.86. The Labute approximate surface area is 119 Å². The standard InChI is InChI=1S/C9H11Cl2N3O4S/c10-5-1-4(12)2-6(11)8(5)19(17,18)14-3-7(15)9(13)16/h1-2,7,14-15H,3,12H2,(H2,13,16). The fraction of sp³-hybridized carbons (Fsp3) is 0.222. The number of hydrogen-bond acceptors (Lipinski definition) is 5. The number of sulfonamides is 1. The first-order valence-corrected chi connectivity index (χ1v) is 7.10. The molecule has 7 nitrogen and oxygen atoms in total. The van der Waals surface area contributed by atoms with E-state index in [4.69, 9.17) is 39.8 Å². The molecule has 106 valence electrons. The van der Waals surface area contributed by atoms with Crippen LogP contribution in [0.15, 0.2) is 17.0 Å². The van der Waals surface area contributed by atoms with Gasteiger partial charge < -0.3 is 16.6 Å². The number of primary amides is 1. The van der Waals surface area contributed by atoms with Crippen molar-refractivity contribution in [2.45, 2.75) is 11.0 Å². The van der Waals surface area contributed by atoms with Crippen molar-refractivity contribution >= 4 is 44.8 Å². The van der Waals surface area contributed by atoms with Crippen LogP contribution < -0.4 is 16.2 Å². The van der Waals surface area contributed by atoms with Crippen LogP contribution in [0.25, 0.3) is 0 Å². The summed E-state index contributed by atoms with van der Waals surface area (Å²) in [7, 11) is -4.10. The molecule has 0 bridgehead atoms. The lowest BCUT2D eigenvalue weighted by atomic mass is 10.3. The van der Waals surface area contributed by atoms with Crippen molar-refractivity contribution in [3.05, 3.63) is 22.2 Å². The smallest absolute Gasteiger partial charge is 0.247 e. The number of nitrogens with two attached hydrogens (primary N) is 2. The summed E-state index contributed by atoms with van der Waals surface area (Å²) in [5.41, 5.74) is 10.4. The Kier molecular flexibility index (Phi) is 4.99. The summed E-state index contributed by atoms with van der Waals surface area (Å²) in [4.78, 5) is 10.2. The predicted octanol–water partition coefficient (Wildman–Crippen LogP) is -0.300. The fourth-order valence-corrected chi connectivity index (χ4v) is 3.46. The third kappa shape index (κ3) is 3.95. The molecule has 0 aliphatic heterocycles. The van der Waals surface area contributed by atoms with E-state index in [0.717, 1.165) is 0 Å². The van der Waals surface area contributed by atoms with Crippen LogP contribution in [0.4, 0.5) is 5.69 Å². The molecule has 19 heavy (non-hydrogen) atoms. The first-order chi connectivity index (χ1) is 8.65. The molecule has 0 radical (unpaired) electrons. The van der Waals surface area contributed by atoms with Crippen molar-refractivity contribution < 1.29 is 18.3 Å². The number of aliphatic hydroxyl groups excluding tert-OH is 1. The summed E-state index contributed by atoms with van der Waals surface area (Å²) in [5.74, 6) is -1.06. The van der Waals surface area contributed by atoms with Gasteiger partial charge in [-0.15, -0.1) is 0 Å². The molecule has 0 aliphatic carbocycles. The number of halogens is 2. The minimum Gasteiger partial charge on any atom is -0.399 e. The number of benzene rings is 1. The Morgan fingerprint density at radius 1 is 1.37 bits per heavy atom. The Morgan fingerprint density at radius 2 is 1.84 bits per heavy atom. The second kappa shape index (κ2) is 5.93. The van der Waals surface area contributed by atoms with Crippen molar-refractivity contribution in [2.24, 2.45) is 5.73 Å². The molecule has 1 aromatic rings. The summed E-state index contributed by atoms with van der Waals surface area (Å²) >= 11 is 11.5. The molecule has 0 aromatic heterocycles. The van der Waals surface area contributed by atoms with Gasteiger partial charge in [-0.2, -0.15) is 0 Å². The minimum absolute atomic E-state index is 0.175. The highest BCUT2D eigenvalue weighted by Gasteiger charge is 2.24. The van der Waals surface area contributed by atoms with Gasteiger partial charge >= 0.3 is 0 Å². The highest BCUT2D eigenvalue weighted by Crippen LogP contribution is 2.31. The molecule has 6 N–H and O–H groups in total. The SMILES string of the molecule is NC(=O)C(O)CNS(=O)(=O)c1c(Cl)cc(N)cc1Cl. The van der Waals surface area contributed by atoms with Crippen LogP contribution in [0.2, 0.25) is 10.0 Å². The summed E-state index contributed by atoms with van der Waals surface area (Å²) < 4.78 is 25.8. The number of nitrogen functional groups attached to an aromatic ring is 1. The van der Waals surface area contributed by atoms with Gasteiger partial charge in [0.1, 0.15) is 11.0 Å². The number of carbonyl (C=O) groups is 1. The van der Waals surface area contributed by atoms with E-state index in [9.17, 15) is 13.2 Å². The molecule has 0 aliphatic rings. The molecule has 0 fully saturated rings. The molecule has 1 aromatic carbocycles. The maximum absolute atomic E-state index is 11.9. The Hall–Kier alpha value is -1.06. The predicted molar refractivity (Wildman–Crippen MR) is 71.3 cm³/mol. The summed E-state index contributed by atoms with van der Waals surface area (Å²) in [6, 6.07) is 2.43. The third-order valence-corrected chi connectivity index (χ3v) is 4.43. The summed E-state index contributed by atoms with van der Waals surface area (Å²) in [5, 5.41) is 8.78. The quantitative estimate of drug-likeness (QED) is 0.550. The maximum Gasteiger partial charge on any atom is 0.247 e. The van der Waals surface area contributed by atoms with Gasteiger partial charge in [0.25, 0.3) is 0 Å². The van der Waals surface area contributed by atoms with E-state index in [1.165, 1.54) is 12.1 Å². The lowest BCUT2D eigenvalue weighted by molar-refractivity contribution is -0.125. The molecule has 1 rings (SSSR count). The number of carbonyl (C=O) groups excluding carboxylic acids is 1. The van der Waals surface area contributed by atoms with Gasteiger partial charge in [-0.25, -0.2) is 13.1 Å². The summed E-state index contributed by atoms with van der Waals surface area (Å²) in [6.45, 7) is -0.589. The largest absolute Gasteiger partial charge is 0.399 e. The van der Waals surface area contributed by atoms with Crippen LogP contribution >= 0.6 is 23.2 Å². The van der Waals surface area contributed by atoms with Crippen molar-refractivity contribution in [1.29, 1.82) is 0 Å². The van der Waals surface area contributed by atoms with Crippen LogP contribution in [0, 0.1) is 0 Å². The van der Waals surface area contributed by atoms with Crippen LogP contribution in [0.5, 0.6) is 0 Å². The number of aliphatic hydroxyl groups is 1. The van der Waals surface area contributed by atoms with E-state index in [1.54, 1.807) is 0 Å². The van der Waals surface area contributed by atoms with Gasteiger partial charge in [0.05, 0.1) is 10.0 Å². The molecule has 0 saturated carbocycles. The lowest BCUT2D eigenvalue weighted by Gasteiger charge is -2.12. The molecule has 1 amide bonds. The van der Waals surface area contributed by atoms with E-state index < -0.39 is 28.6 Å². The topological polar surface area (TPSA) is 136 Å². The maximum atomic E-state index is 11.9. The van der Waals surface area contributed by atoms with Gasteiger partial charge in [-0.05, 0) is 12.1 Å². The Balaban J connectivity index is 3.05. The van der Waals surface area contributed by atoms with Crippen LogP contribution in [0.1, 0.15) is 0 Å². The molecular formula is C9H11Cl2N3O4S. The lowest BCUT2D eigenvalue weighted by Crippen LogP contribution is -2.40. The van der Waals surface area contributed by atoms with E-state index >= 15 is 0 Å². The number of rotatable bonds is 5. The molecule has 0 spiro atoms. The number of nitrogens with one attached hydrogen (secondary N) is 1. The second-order valence-corrected chi connectivity index (χ2v) is 6.10. The number of hydrogen-bond donors (Lipinski definition) is 4. The highest BCUT2D eigenvalue weighted by molar-refractivity contribution is 7.89. The van der Waals surface area contributed by atoms with Crippen molar-refractivity contribution in [2.75, 3.05) is 12.3 Å². The zero-order valence-electron chi connectivity index (χ0n) is 9.43. The third-order valence-electron chi connectivity index (χ3n) is 2.08. The number of amides is 1. The van der Waals surface area contributed by atoms with Crippen molar-refractivity contribution in [1.82, 2.24) is 4.72 Å². The Morgan fingerprint density at radius 3 is 2.26 bits per heavy atom. The minimum atomic E-state index is -4.10. The first kappa shape index (κ1) is 16.0. The van der Waals surface area contributed by atoms with E-state index in [2.05, 4.69) is 0 Å². The Bertz CT molecular complexity index is 582. The van der Waals surface area contributed by atoms with E-state index in [0.29, 0.717) is 0 Å². The van der Waals surface area contributed by atoms with E-state index in [-0.39, 0.29) is 20.6 Å². The van der Waals surface area contributed by atoms with Crippen molar-refractivity contribution in [3.63, 3.8) is 0 Å². The van der Waals surface area contributed by atoms with Gasteiger partial charge in [-0.3, -0.25) is 4.79 Å². The average molecular weight is 328 g/mol. The normalized spacial score (nSPS) is 13.2. The fourth-order valence-electron chi connectivity index (χ4n) is 1.20. The van der Waals surface area contributed by atoms with Gasteiger partial charge in [0, 0.05) is 12.2 Å². The molecule has 0 saturated heterocycles. The van der Waals surface area contributed by atoms with Crippen molar-refractivity contribution in [3.8, 4) is 0 Å². The van der Waals surface area contributed by atoms with Crippen LogP contribution in [-0.2, 0) is 14.8 Å². The van der Waals surface area contributed by atoms with Gasteiger partial charge in [0.15, 0.2) is 0 Å². The summed E-state index contributed by atoms with van der Waals surface area (Å²) in [6.07, 6.45) is -1.65. The van der Waals surface area contributed by atoms with Gasteiger partial charge in [0.2, 0.25) is 15.9 Å². The molecule has 10 heteroatoms. The second-order valence-electron chi connectivity index (χ2n) is 3.58.